The average Bonchev–Trinajstić information content (AvgIpc) is 2.85. The summed E-state index contributed by atoms with van der Waals surface area (Å²) in [5.74, 6) is -0.524. The van der Waals surface area contributed by atoms with Crippen LogP contribution in [0.2, 0.25) is 0 Å². The van der Waals surface area contributed by atoms with Crippen molar-refractivity contribution in [2.75, 3.05) is 5.75 Å². The lowest BCUT2D eigenvalue weighted by molar-refractivity contribution is -0.141. The van der Waals surface area contributed by atoms with E-state index in [0.29, 0.717) is 15.8 Å². The fourth-order valence-electron chi connectivity index (χ4n) is 2.43. The van der Waals surface area contributed by atoms with E-state index in [2.05, 4.69) is 15.9 Å². The van der Waals surface area contributed by atoms with Gasteiger partial charge < -0.3 is 10.0 Å². The quantitative estimate of drug-likeness (QED) is 0.884. The van der Waals surface area contributed by atoms with Crippen LogP contribution < -0.4 is 0 Å². The molecule has 1 fully saturated rings. The molecule has 1 N–H and O–H groups in total. The summed E-state index contributed by atoms with van der Waals surface area (Å²) in [6.07, 6.45) is 0. The van der Waals surface area contributed by atoms with Crippen molar-refractivity contribution >= 4 is 39.6 Å². The summed E-state index contributed by atoms with van der Waals surface area (Å²) >= 11 is 4.93. The molecule has 2 atom stereocenters. The minimum atomic E-state index is -0.942. The normalized spacial score (nSPS) is 21.9. The highest BCUT2D eigenvalue weighted by atomic mass is 79.9. The van der Waals surface area contributed by atoms with E-state index in [-0.39, 0.29) is 17.2 Å². The first-order chi connectivity index (χ1) is 9.82. The zero-order valence-corrected chi connectivity index (χ0v) is 14.6. The fraction of sp³-hybridized carbons (Fsp3) is 0.467. The molecule has 2 unspecified atom stereocenters. The third-order valence-corrected chi connectivity index (χ3v) is 5.79. The van der Waals surface area contributed by atoms with Gasteiger partial charge in [0.25, 0.3) is 5.91 Å². The van der Waals surface area contributed by atoms with E-state index >= 15 is 0 Å². The largest absolute Gasteiger partial charge is 0.480 e. The number of hydrogen-bond acceptors (Lipinski definition) is 3. The van der Waals surface area contributed by atoms with Gasteiger partial charge in [-0.15, -0.1) is 11.8 Å². The number of rotatable bonds is 3. The van der Waals surface area contributed by atoms with E-state index in [1.165, 1.54) is 16.7 Å². The Labute approximate surface area is 137 Å². The molecule has 1 amide bonds. The number of carboxylic acid groups (broad SMARTS) is 1. The molecular formula is C15H18BrNO3S. The smallest absolute Gasteiger partial charge is 0.327 e. The van der Waals surface area contributed by atoms with E-state index in [1.54, 1.807) is 6.07 Å². The lowest BCUT2D eigenvalue weighted by Gasteiger charge is -2.30. The Hall–Kier alpha value is -1.01. The molecule has 1 aromatic carbocycles. The van der Waals surface area contributed by atoms with Crippen molar-refractivity contribution in [3.8, 4) is 0 Å². The second-order valence-corrected chi connectivity index (χ2v) is 7.52. The number of carboxylic acids is 1. The second kappa shape index (κ2) is 6.40. The highest BCUT2D eigenvalue weighted by Crippen LogP contribution is 2.36. The Morgan fingerprint density at radius 2 is 2.10 bits per heavy atom. The molecule has 6 heteroatoms. The van der Waals surface area contributed by atoms with Crippen molar-refractivity contribution in [2.24, 2.45) is 5.92 Å². The second-order valence-electron chi connectivity index (χ2n) is 5.52. The summed E-state index contributed by atoms with van der Waals surface area (Å²) in [5, 5.41) is 9.28. The van der Waals surface area contributed by atoms with Gasteiger partial charge in [-0.05, 0) is 40.9 Å². The summed E-state index contributed by atoms with van der Waals surface area (Å²) in [7, 11) is 0. The first-order valence-electron chi connectivity index (χ1n) is 6.76. The zero-order chi connectivity index (χ0) is 15.7. The van der Waals surface area contributed by atoms with Gasteiger partial charge in [0.2, 0.25) is 0 Å². The Balaban J connectivity index is 2.41. The molecule has 1 aliphatic heterocycles. The van der Waals surface area contributed by atoms with Gasteiger partial charge in [-0.3, -0.25) is 4.79 Å². The molecular weight excluding hydrogens is 354 g/mol. The molecule has 1 aromatic rings. The van der Waals surface area contributed by atoms with Crippen LogP contribution in [0.4, 0.5) is 0 Å². The van der Waals surface area contributed by atoms with Crippen LogP contribution in [0, 0.1) is 12.8 Å². The fourth-order valence-corrected chi connectivity index (χ4v) is 4.32. The molecule has 0 aromatic heterocycles. The van der Waals surface area contributed by atoms with Crippen LogP contribution in [0.3, 0.4) is 0 Å². The molecule has 2 rings (SSSR count). The summed E-state index contributed by atoms with van der Waals surface area (Å²) < 4.78 is 0.696. The van der Waals surface area contributed by atoms with Gasteiger partial charge in [0.05, 0.1) is 10.9 Å². The van der Waals surface area contributed by atoms with Gasteiger partial charge in [-0.1, -0.05) is 25.5 Å². The first-order valence-corrected chi connectivity index (χ1v) is 8.60. The van der Waals surface area contributed by atoms with E-state index < -0.39 is 12.0 Å². The molecule has 1 saturated heterocycles. The van der Waals surface area contributed by atoms with Gasteiger partial charge in [-0.25, -0.2) is 4.79 Å². The van der Waals surface area contributed by atoms with Crippen molar-refractivity contribution in [1.29, 1.82) is 0 Å². The molecule has 4 nitrogen and oxygen atoms in total. The SMILES string of the molecule is Cc1ccc(Br)c(C(=O)N2C(C(=O)O)CSC2C(C)C)c1. The predicted octanol–water partition coefficient (Wildman–Crippen LogP) is 3.38. The van der Waals surface area contributed by atoms with Gasteiger partial charge in [-0.2, -0.15) is 0 Å². The van der Waals surface area contributed by atoms with Crippen LogP contribution >= 0.6 is 27.7 Å². The number of carbonyl (C=O) groups excluding carboxylic acids is 1. The molecule has 21 heavy (non-hydrogen) atoms. The Morgan fingerprint density at radius 1 is 1.43 bits per heavy atom. The average molecular weight is 372 g/mol. The number of hydrogen-bond donors (Lipinski definition) is 1. The molecule has 114 valence electrons. The first kappa shape index (κ1) is 16.4. The molecule has 0 radical (unpaired) electrons. The lowest BCUT2D eigenvalue weighted by atomic mass is 10.1. The van der Waals surface area contributed by atoms with Crippen LogP contribution in [0.15, 0.2) is 22.7 Å². The van der Waals surface area contributed by atoms with Crippen LogP contribution in [-0.4, -0.2) is 39.1 Å². The molecule has 0 saturated carbocycles. The Morgan fingerprint density at radius 3 is 2.67 bits per heavy atom. The number of halogens is 1. The van der Waals surface area contributed by atoms with E-state index in [4.69, 9.17) is 0 Å². The maximum Gasteiger partial charge on any atom is 0.327 e. The Kier molecular flexibility index (Phi) is 4.99. The summed E-state index contributed by atoms with van der Waals surface area (Å²) in [4.78, 5) is 25.8. The summed E-state index contributed by atoms with van der Waals surface area (Å²) in [6.45, 7) is 5.93. The topological polar surface area (TPSA) is 57.6 Å². The number of aliphatic carboxylic acids is 1. The van der Waals surface area contributed by atoms with Crippen LogP contribution in [0.1, 0.15) is 29.8 Å². The van der Waals surface area contributed by atoms with E-state index in [0.717, 1.165) is 5.56 Å². The minimum Gasteiger partial charge on any atom is -0.480 e. The van der Waals surface area contributed by atoms with Crippen molar-refractivity contribution in [3.05, 3.63) is 33.8 Å². The van der Waals surface area contributed by atoms with E-state index in [1.807, 2.05) is 32.9 Å². The monoisotopic (exact) mass is 371 g/mol. The molecule has 0 bridgehead atoms. The number of benzene rings is 1. The standard InChI is InChI=1S/C15H18BrNO3S/c1-8(2)14-17(12(7-21-14)15(19)20)13(18)10-6-9(3)4-5-11(10)16/h4-6,8,12,14H,7H2,1-3H3,(H,19,20). The van der Waals surface area contributed by atoms with Crippen LogP contribution in [-0.2, 0) is 4.79 Å². The third kappa shape index (κ3) is 3.26. The summed E-state index contributed by atoms with van der Waals surface area (Å²) in [6, 6.07) is 4.77. The number of nitrogens with zero attached hydrogens (tertiary/aromatic N) is 1. The van der Waals surface area contributed by atoms with Crippen molar-refractivity contribution < 1.29 is 14.7 Å². The summed E-state index contributed by atoms with van der Waals surface area (Å²) in [5.41, 5.74) is 1.50. The van der Waals surface area contributed by atoms with Gasteiger partial charge >= 0.3 is 5.97 Å². The predicted molar refractivity (Wildman–Crippen MR) is 87.6 cm³/mol. The molecule has 0 spiro atoms. The number of amides is 1. The van der Waals surface area contributed by atoms with Crippen molar-refractivity contribution in [2.45, 2.75) is 32.2 Å². The molecule has 1 aliphatic rings. The number of thioether (sulfide) groups is 1. The van der Waals surface area contributed by atoms with Gasteiger partial charge in [0.1, 0.15) is 6.04 Å². The molecule has 0 aliphatic carbocycles. The van der Waals surface area contributed by atoms with Crippen LogP contribution in [0.25, 0.3) is 0 Å². The van der Waals surface area contributed by atoms with Crippen molar-refractivity contribution in [1.82, 2.24) is 4.90 Å². The third-order valence-electron chi connectivity index (χ3n) is 3.48. The number of aryl methyl sites for hydroxylation is 1. The van der Waals surface area contributed by atoms with Crippen molar-refractivity contribution in [3.63, 3.8) is 0 Å². The maximum atomic E-state index is 12.9. The highest BCUT2D eigenvalue weighted by Gasteiger charge is 2.43. The number of carbonyl (C=O) groups is 2. The zero-order valence-electron chi connectivity index (χ0n) is 12.2. The highest BCUT2D eigenvalue weighted by molar-refractivity contribution is 9.10. The van der Waals surface area contributed by atoms with Crippen LogP contribution in [0.5, 0.6) is 0 Å². The maximum absolute atomic E-state index is 12.9. The van der Waals surface area contributed by atoms with E-state index in [9.17, 15) is 14.7 Å². The Bertz CT molecular complexity index is 576. The lowest BCUT2D eigenvalue weighted by Crippen LogP contribution is -2.47. The molecule has 1 heterocycles. The van der Waals surface area contributed by atoms with Gasteiger partial charge in [0, 0.05) is 10.2 Å². The van der Waals surface area contributed by atoms with Gasteiger partial charge in [0.15, 0.2) is 0 Å². The minimum absolute atomic E-state index is 0.106.